The van der Waals surface area contributed by atoms with Crippen LogP contribution in [0, 0.1) is 5.92 Å². The number of rotatable bonds is 10. The molecule has 0 radical (unpaired) electrons. The van der Waals surface area contributed by atoms with Crippen LogP contribution < -0.4 is 5.56 Å². The average Bonchev–Trinajstić information content (AvgIpc) is 3.46. The van der Waals surface area contributed by atoms with Crippen LogP contribution in [0.15, 0.2) is 23.3 Å². The zero-order chi connectivity index (χ0) is 30.3. The van der Waals surface area contributed by atoms with E-state index in [1.807, 2.05) is 0 Å². The Morgan fingerprint density at radius 3 is 2.76 bits per heavy atom. The summed E-state index contributed by atoms with van der Waals surface area (Å²) in [6, 6.07) is -0.483. The second-order valence-electron chi connectivity index (χ2n) is 13.0. The molecule has 3 heterocycles. The molecule has 2 N–H and O–H groups in total. The zero-order valence-electron chi connectivity index (χ0n) is 25.1. The Hall–Kier alpha value is -1.05. The van der Waals surface area contributed by atoms with Crippen molar-refractivity contribution in [2.45, 2.75) is 114 Å². The third-order valence-electron chi connectivity index (χ3n) is 9.03. The highest BCUT2D eigenvalue weighted by molar-refractivity contribution is 8.00. The van der Waals surface area contributed by atoms with Gasteiger partial charge in [-0.2, -0.15) is 17.6 Å². The number of ether oxygens (including phenoxy) is 1. The Bertz CT molecular complexity index is 1340. The maximum Gasteiger partial charge on any atom is 0.296 e. The molecule has 1 saturated carbocycles. The lowest BCUT2D eigenvalue weighted by molar-refractivity contribution is -0.0372. The van der Waals surface area contributed by atoms with Crippen LogP contribution in [0.3, 0.4) is 0 Å². The molecule has 14 heteroatoms. The second-order valence-corrected chi connectivity index (χ2v) is 20.8. The fraction of sp³-hybridized carbons (Fsp3) is 0.741. The van der Waals surface area contributed by atoms with E-state index < -0.39 is 45.5 Å². The summed E-state index contributed by atoms with van der Waals surface area (Å²) in [6.07, 6.45) is 4.15. The van der Waals surface area contributed by atoms with Crippen molar-refractivity contribution < 1.29 is 23.3 Å². The normalized spacial score (nSPS) is 30.1. The number of H-pyrrole nitrogens is 1. The number of aromatic amines is 1. The number of aromatic nitrogens is 4. The largest absolute Gasteiger partial charge is 0.480 e. The topological polar surface area (TPSA) is 121 Å². The fourth-order valence-corrected chi connectivity index (χ4v) is 8.40. The number of allylic oxidation sites excluding steroid dienone is 1. The minimum Gasteiger partial charge on any atom is -0.480 e. The monoisotopic (exact) mass is 644 g/mol. The molecule has 2 aromatic rings. The van der Waals surface area contributed by atoms with Crippen LogP contribution in [-0.4, -0.2) is 62.6 Å². The Balaban J connectivity index is 1.53. The Kier molecular flexibility index (Phi) is 10.0. The molecule has 4 rings (SSSR count). The Morgan fingerprint density at radius 1 is 1.39 bits per heavy atom. The number of fused-ring (bicyclic) bond motifs is 1. The molecule has 0 spiro atoms. The molecule has 2 fully saturated rings. The zero-order valence-corrected chi connectivity index (χ0v) is 28.8. The van der Waals surface area contributed by atoms with Gasteiger partial charge in [0.15, 0.2) is 26.6 Å². The van der Waals surface area contributed by atoms with Crippen LogP contribution in [0.2, 0.25) is 18.1 Å². The molecule has 7 atom stereocenters. The predicted octanol–water partition coefficient (Wildman–Crippen LogP) is 5.87. The molecule has 0 aromatic carbocycles. The van der Waals surface area contributed by atoms with E-state index in [-0.39, 0.29) is 27.1 Å². The first-order valence-electron chi connectivity index (χ1n) is 14.2. The maximum atomic E-state index is 12.3. The molecule has 1 aliphatic carbocycles. The average molecular weight is 645 g/mol. The minimum atomic E-state index is -2.11. The lowest BCUT2D eigenvalue weighted by atomic mass is 9.76. The van der Waals surface area contributed by atoms with E-state index >= 15 is 0 Å². The molecule has 1 aliphatic heterocycles. The molecule has 2 aliphatic rings. The number of thiol groups is 1. The molecular weight excluding hydrogens is 600 g/mol. The minimum absolute atomic E-state index is 0.0253. The SMILES string of the molecule is C=C(CC)[C@H]1CC[C@@](C)(S)C(O[PH](=S)O[C@H]2C[C@H](n3cnc4c(=O)[nH]c(O)nc43)O[C@@H]2CO[Si](C)(C)C(C)(C)C)C1. The molecule has 10 nitrogen and oxygen atoms in total. The van der Waals surface area contributed by atoms with E-state index in [1.165, 1.54) is 11.9 Å². The van der Waals surface area contributed by atoms with Crippen molar-refractivity contribution in [2.75, 3.05) is 6.61 Å². The van der Waals surface area contributed by atoms with E-state index in [0.29, 0.717) is 18.9 Å². The van der Waals surface area contributed by atoms with Gasteiger partial charge in [0.1, 0.15) is 12.3 Å². The number of imidazole rings is 1. The molecule has 0 amide bonds. The summed E-state index contributed by atoms with van der Waals surface area (Å²) in [5.41, 5.74) is 1.07. The summed E-state index contributed by atoms with van der Waals surface area (Å²) < 4.78 is 27.2. The molecule has 41 heavy (non-hydrogen) atoms. The fourth-order valence-electron chi connectivity index (χ4n) is 5.14. The van der Waals surface area contributed by atoms with Gasteiger partial charge in [-0.3, -0.25) is 14.3 Å². The van der Waals surface area contributed by atoms with E-state index in [9.17, 15) is 9.90 Å². The Morgan fingerprint density at radius 2 is 2.10 bits per heavy atom. The summed E-state index contributed by atoms with van der Waals surface area (Å²) in [5, 5.41) is 9.94. The van der Waals surface area contributed by atoms with Gasteiger partial charge in [0.25, 0.3) is 11.6 Å². The summed E-state index contributed by atoms with van der Waals surface area (Å²) in [6.45, 7) is 19.8. The van der Waals surface area contributed by atoms with Crippen LogP contribution in [-0.2, 0) is 30.0 Å². The molecule has 1 saturated heterocycles. The first kappa shape index (κ1) is 32.9. The van der Waals surface area contributed by atoms with Crippen LogP contribution in [0.1, 0.15) is 73.0 Å². The summed E-state index contributed by atoms with van der Waals surface area (Å²) in [7, 11) is -4.19. The van der Waals surface area contributed by atoms with Crippen molar-refractivity contribution in [1.82, 2.24) is 19.5 Å². The molecule has 2 unspecified atom stereocenters. The van der Waals surface area contributed by atoms with Gasteiger partial charge in [0.2, 0.25) is 0 Å². The number of hydrogen-bond donors (Lipinski definition) is 3. The van der Waals surface area contributed by atoms with Crippen molar-refractivity contribution in [3.05, 3.63) is 28.8 Å². The van der Waals surface area contributed by atoms with Crippen molar-refractivity contribution in [2.24, 2.45) is 5.92 Å². The highest BCUT2D eigenvalue weighted by Gasteiger charge is 2.44. The van der Waals surface area contributed by atoms with Crippen molar-refractivity contribution in [3.8, 4) is 6.01 Å². The van der Waals surface area contributed by atoms with Gasteiger partial charge in [-0.15, -0.1) is 0 Å². The predicted molar refractivity (Wildman–Crippen MR) is 171 cm³/mol. The van der Waals surface area contributed by atoms with Gasteiger partial charge in [0.05, 0.1) is 25.1 Å². The summed E-state index contributed by atoms with van der Waals surface area (Å²) >= 11 is 10.8. The van der Waals surface area contributed by atoms with Gasteiger partial charge in [0, 0.05) is 11.2 Å². The summed E-state index contributed by atoms with van der Waals surface area (Å²) in [5.74, 6) is 0.390. The van der Waals surface area contributed by atoms with E-state index in [1.54, 1.807) is 4.57 Å². The third-order valence-corrected chi connectivity index (χ3v) is 15.6. The van der Waals surface area contributed by atoms with Crippen LogP contribution in [0.25, 0.3) is 11.2 Å². The van der Waals surface area contributed by atoms with Crippen molar-refractivity contribution >= 4 is 51.1 Å². The van der Waals surface area contributed by atoms with Crippen molar-refractivity contribution in [1.29, 1.82) is 0 Å². The van der Waals surface area contributed by atoms with Gasteiger partial charge < -0.3 is 23.3 Å². The van der Waals surface area contributed by atoms with Gasteiger partial charge >= 0.3 is 0 Å². The summed E-state index contributed by atoms with van der Waals surface area (Å²) in [4.78, 5) is 22.8. The lowest BCUT2D eigenvalue weighted by Gasteiger charge is -2.42. The van der Waals surface area contributed by atoms with E-state index in [0.717, 1.165) is 25.7 Å². The molecule has 230 valence electrons. The Labute approximate surface area is 254 Å². The quantitative estimate of drug-likeness (QED) is 0.126. The molecule has 0 bridgehead atoms. The number of hydrogen-bond acceptors (Lipinski definition) is 10. The van der Waals surface area contributed by atoms with Gasteiger partial charge in [-0.05, 0) is 68.5 Å². The van der Waals surface area contributed by atoms with Gasteiger partial charge in [-0.25, -0.2) is 4.98 Å². The number of aromatic hydroxyl groups is 1. The highest BCUT2D eigenvalue weighted by Crippen LogP contribution is 2.47. The number of nitrogens with one attached hydrogen (secondary N) is 1. The van der Waals surface area contributed by atoms with E-state index in [4.69, 9.17) is 42.6 Å². The van der Waals surface area contributed by atoms with Crippen LogP contribution in [0.5, 0.6) is 6.01 Å². The number of nitrogens with zero attached hydrogens (tertiary/aromatic N) is 3. The van der Waals surface area contributed by atoms with Gasteiger partial charge in [-0.1, -0.05) is 39.8 Å². The second kappa shape index (κ2) is 12.5. The third kappa shape index (κ3) is 7.37. The first-order valence-corrected chi connectivity index (χ1v) is 20.1. The lowest BCUT2D eigenvalue weighted by Crippen LogP contribution is -2.44. The van der Waals surface area contributed by atoms with Crippen LogP contribution >= 0.6 is 19.8 Å². The maximum absolute atomic E-state index is 12.3. The molecular formula is C27H45N4O6PS2Si. The van der Waals surface area contributed by atoms with Crippen molar-refractivity contribution in [3.63, 3.8) is 0 Å². The standard InChI is InChI=1S/C27H45N4O6PS2Si/c1-9-16(2)17-10-11-27(6,39)20(12-17)37-38(40)36-18-13-21(35-19(18)14-34-41(7,8)26(3,4)5)31-15-28-22-23(31)29-25(33)30-24(22)32/h15,17-21,38-39H,2,9-14H2,1,3-8H3,(H2,29,30,32,33)/t17-,18-,19+,20?,21+,27+/m0/s1. The van der Waals surface area contributed by atoms with E-state index in [2.05, 4.69) is 69.2 Å². The first-order chi connectivity index (χ1) is 19.0. The smallest absolute Gasteiger partial charge is 0.296 e. The highest BCUT2D eigenvalue weighted by atomic mass is 32.4. The molecule has 2 aromatic heterocycles. The van der Waals surface area contributed by atoms with Crippen LogP contribution in [0.4, 0.5) is 0 Å².